The summed E-state index contributed by atoms with van der Waals surface area (Å²) in [6, 6.07) is 0. The molecule has 0 saturated heterocycles. The minimum Gasteiger partial charge on any atom is -0.244 e. The van der Waals surface area contributed by atoms with Gasteiger partial charge in [0.25, 0.3) is 0 Å². The van der Waals surface area contributed by atoms with Gasteiger partial charge in [-0.05, 0) is 0 Å². The maximum Gasteiger partial charge on any atom is 0.365 e. The molecule has 8 heteroatoms. The predicted molar refractivity (Wildman–Crippen MR) is 29.0 cm³/mol. The Labute approximate surface area is 72.2 Å². The molecule has 0 aromatic heterocycles. The maximum absolute atomic E-state index is 12.2. The van der Waals surface area contributed by atoms with Gasteiger partial charge in [-0.3, -0.25) is 0 Å². The smallest absolute Gasteiger partial charge is 0.244 e. The van der Waals surface area contributed by atoms with E-state index < -0.39 is 35.8 Å². The van der Waals surface area contributed by atoms with Crippen LogP contribution in [0.15, 0.2) is 11.4 Å². The molecule has 0 amide bonds. The van der Waals surface area contributed by atoms with E-state index in [9.17, 15) is 35.1 Å². The highest BCUT2D eigenvalue weighted by Crippen LogP contribution is 2.60. The van der Waals surface area contributed by atoms with Gasteiger partial charge in [-0.2, -0.15) is 26.3 Å². The molecule has 14 heavy (non-hydrogen) atoms. The molecule has 0 bridgehead atoms. The summed E-state index contributed by atoms with van der Waals surface area (Å²) in [5.74, 6) is -18.4. The topological polar surface area (TPSA) is 0 Å². The first kappa shape index (κ1) is 11.3. The Morgan fingerprint density at radius 1 is 1.00 bits per heavy atom. The third kappa shape index (κ3) is 1.05. The third-order valence-corrected chi connectivity index (χ3v) is 1.74. The van der Waals surface area contributed by atoms with Gasteiger partial charge in [0, 0.05) is 0 Å². The summed E-state index contributed by atoms with van der Waals surface area (Å²) >= 11 is 0. The molecule has 0 atom stereocenters. The van der Waals surface area contributed by atoms with Gasteiger partial charge in [0.15, 0.2) is 12.5 Å². The first-order valence-corrected chi connectivity index (χ1v) is 3.19. The van der Waals surface area contributed by atoms with Crippen molar-refractivity contribution in [3.8, 4) is 0 Å². The third-order valence-electron chi connectivity index (χ3n) is 1.74. The van der Waals surface area contributed by atoms with Crippen LogP contribution in [0.2, 0.25) is 0 Å². The van der Waals surface area contributed by atoms with Gasteiger partial charge in [-0.15, -0.1) is 0 Å². The van der Waals surface area contributed by atoms with Crippen LogP contribution >= 0.6 is 0 Å². The lowest BCUT2D eigenvalue weighted by Gasteiger charge is -2.39. The van der Waals surface area contributed by atoms with Crippen molar-refractivity contribution >= 4 is 0 Å². The van der Waals surface area contributed by atoms with E-state index in [0.717, 1.165) is 0 Å². The normalized spacial score (nSPS) is 24.9. The van der Waals surface area contributed by atoms with Crippen LogP contribution in [0.1, 0.15) is 0 Å². The highest BCUT2D eigenvalue weighted by Gasteiger charge is 2.77. The van der Waals surface area contributed by atoms with E-state index in [4.69, 9.17) is 0 Å². The zero-order valence-electron chi connectivity index (χ0n) is 6.23. The van der Waals surface area contributed by atoms with Crippen LogP contribution in [0.3, 0.4) is 0 Å². The number of hydrogen-bond donors (Lipinski definition) is 0. The van der Waals surface area contributed by atoms with Crippen LogP contribution < -0.4 is 0 Å². The van der Waals surface area contributed by atoms with E-state index in [0.29, 0.717) is 0 Å². The molecular formula is C6H2F8. The van der Waals surface area contributed by atoms with Crippen molar-refractivity contribution in [3.05, 3.63) is 11.4 Å². The minimum absolute atomic E-state index is 2.65. The first-order valence-electron chi connectivity index (χ1n) is 3.19. The highest BCUT2D eigenvalue weighted by atomic mass is 19.3. The number of alkyl halides is 7. The monoisotopic (exact) mass is 226 g/mol. The molecule has 0 radical (unpaired) electrons. The lowest BCUT2D eigenvalue weighted by atomic mass is 9.83. The van der Waals surface area contributed by atoms with E-state index in [1.807, 2.05) is 0 Å². The van der Waals surface area contributed by atoms with Gasteiger partial charge in [-0.1, -0.05) is 0 Å². The van der Waals surface area contributed by atoms with Crippen LogP contribution in [0.25, 0.3) is 0 Å². The van der Waals surface area contributed by atoms with Gasteiger partial charge < -0.3 is 0 Å². The van der Waals surface area contributed by atoms with Gasteiger partial charge >= 0.3 is 17.8 Å². The second-order valence-electron chi connectivity index (χ2n) is 2.68. The summed E-state index contributed by atoms with van der Waals surface area (Å²) in [5.41, 5.74) is -2.77. The summed E-state index contributed by atoms with van der Waals surface area (Å²) in [6.45, 7) is -2.65. The average molecular weight is 226 g/mol. The van der Waals surface area contributed by atoms with Gasteiger partial charge in [-0.25, -0.2) is 8.78 Å². The van der Waals surface area contributed by atoms with E-state index in [-0.39, 0.29) is 0 Å². The van der Waals surface area contributed by atoms with Crippen molar-refractivity contribution in [1.82, 2.24) is 0 Å². The molecule has 0 heterocycles. The van der Waals surface area contributed by atoms with Gasteiger partial charge in [0.1, 0.15) is 5.57 Å². The van der Waals surface area contributed by atoms with Crippen LogP contribution in [0.5, 0.6) is 0 Å². The average Bonchev–Trinajstić information content (AvgIpc) is 2.03. The summed E-state index contributed by atoms with van der Waals surface area (Å²) in [4.78, 5) is 0. The fourth-order valence-corrected chi connectivity index (χ4v) is 0.984. The fraction of sp³-hybridized carbons (Fsp3) is 0.667. The Kier molecular flexibility index (Phi) is 2.09. The lowest BCUT2D eigenvalue weighted by molar-refractivity contribution is -0.227. The number of halogens is 8. The molecule has 0 N–H and O–H groups in total. The number of allylic oxidation sites excluding steroid dienone is 2. The zero-order valence-corrected chi connectivity index (χ0v) is 6.23. The second kappa shape index (κ2) is 2.60. The van der Waals surface area contributed by atoms with Crippen molar-refractivity contribution in [1.29, 1.82) is 0 Å². The molecule has 0 fully saturated rings. The summed E-state index contributed by atoms with van der Waals surface area (Å²) < 4.78 is 96.4. The standard InChI is InChI=1S/C6H2F8/c7-1-4(9,10)2-3(8)6(13,14)5(2,11)12/h1H2. The molecule has 82 valence electrons. The SMILES string of the molecule is FCC(F)(F)C1=C(F)C(F)(F)C1(F)F. The number of rotatable bonds is 2. The van der Waals surface area contributed by atoms with E-state index in [2.05, 4.69) is 0 Å². The summed E-state index contributed by atoms with van der Waals surface area (Å²) in [6.07, 6.45) is 0. The summed E-state index contributed by atoms with van der Waals surface area (Å²) in [7, 11) is 0. The number of hydrogen-bond acceptors (Lipinski definition) is 0. The van der Waals surface area contributed by atoms with Gasteiger partial charge in [0.05, 0.1) is 0 Å². The Hall–Kier alpha value is -0.820. The molecule has 0 saturated carbocycles. The van der Waals surface area contributed by atoms with Crippen molar-refractivity contribution in [3.63, 3.8) is 0 Å². The van der Waals surface area contributed by atoms with Crippen LogP contribution in [0, 0.1) is 0 Å². The predicted octanol–water partition coefficient (Wildman–Crippen LogP) is 3.10. The van der Waals surface area contributed by atoms with E-state index >= 15 is 0 Å². The van der Waals surface area contributed by atoms with Crippen molar-refractivity contribution in [2.24, 2.45) is 0 Å². The minimum atomic E-state index is -5.33. The van der Waals surface area contributed by atoms with Crippen LogP contribution in [0.4, 0.5) is 35.1 Å². The molecule has 1 rings (SSSR count). The molecule has 0 aromatic carbocycles. The molecule has 0 spiro atoms. The molecule has 0 aromatic rings. The van der Waals surface area contributed by atoms with Crippen molar-refractivity contribution < 1.29 is 35.1 Å². The van der Waals surface area contributed by atoms with Crippen molar-refractivity contribution in [2.45, 2.75) is 17.8 Å². The molecule has 0 unspecified atom stereocenters. The molecule has 1 aliphatic carbocycles. The Morgan fingerprint density at radius 3 is 1.71 bits per heavy atom. The molecule has 0 nitrogen and oxygen atoms in total. The zero-order chi connectivity index (χ0) is 11.4. The highest BCUT2D eigenvalue weighted by molar-refractivity contribution is 5.44. The lowest BCUT2D eigenvalue weighted by Crippen LogP contribution is -2.57. The van der Waals surface area contributed by atoms with Crippen molar-refractivity contribution in [2.75, 3.05) is 6.67 Å². The second-order valence-corrected chi connectivity index (χ2v) is 2.68. The van der Waals surface area contributed by atoms with Gasteiger partial charge in [0.2, 0.25) is 0 Å². The molecule has 0 aliphatic heterocycles. The Bertz CT molecular complexity index is 288. The Balaban J connectivity index is 3.22. The molecule has 1 aliphatic rings. The van der Waals surface area contributed by atoms with Crippen LogP contribution in [-0.2, 0) is 0 Å². The maximum atomic E-state index is 12.2. The van der Waals surface area contributed by atoms with E-state index in [1.165, 1.54) is 0 Å². The van der Waals surface area contributed by atoms with Crippen LogP contribution in [-0.4, -0.2) is 24.4 Å². The Morgan fingerprint density at radius 2 is 1.43 bits per heavy atom. The largest absolute Gasteiger partial charge is 0.365 e. The molecular weight excluding hydrogens is 224 g/mol. The first-order chi connectivity index (χ1) is 6.09. The quantitative estimate of drug-likeness (QED) is 0.634. The summed E-state index contributed by atoms with van der Waals surface area (Å²) in [5, 5.41) is 0. The van der Waals surface area contributed by atoms with E-state index in [1.54, 1.807) is 0 Å². The fourth-order valence-electron chi connectivity index (χ4n) is 0.984.